The maximum atomic E-state index is 6.35. The maximum absolute atomic E-state index is 6.35. The average molecular weight is 1440 g/mol. The molecule has 0 bridgehead atoms. The van der Waals surface area contributed by atoms with Crippen molar-refractivity contribution in [2.75, 3.05) is 0 Å². The molecule has 522 valence electrons. The van der Waals surface area contributed by atoms with E-state index in [0.717, 1.165) is 121 Å². The lowest BCUT2D eigenvalue weighted by molar-refractivity contribution is 0.669. The number of para-hydroxylation sites is 3. The van der Waals surface area contributed by atoms with E-state index in [-0.39, 0.29) is 0 Å². The molecule has 5 aromatic heterocycles. The highest BCUT2D eigenvalue weighted by molar-refractivity contribution is 6.32. The normalized spacial score (nSPS) is 12.1. The zero-order valence-electron chi connectivity index (χ0n) is 60.6. The van der Waals surface area contributed by atoms with E-state index in [2.05, 4.69) is 355 Å². The summed E-state index contributed by atoms with van der Waals surface area (Å²) < 4.78 is 11.2. The first-order chi connectivity index (χ1) is 56.1. The van der Waals surface area contributed by atoms with Crippen LogP contribution in [0.5, 0.6) is 0 Å². The van der Waals surface area contributed by atoms with E-state index in [9.17, 15) is 0 Å². The van der Waals surface area contributed by atoms with Gasteiger partial charge in [0.25, 0.3) is 0 Å². The van der Waals surface area contributed by atoms with E-state index in [0.29, 0.717) is 34.9 Å². The minimum atomic E-state index is 0.580. The van der Waals surface area contributed by atoms with Gasteiger partial charge in [-0.05, 0) is 165 Å². The van der Waals surface area contributed by atoms with Crippen molar-refractivity contribution in [3.63, 3.8) is 0 Å². The zero-order valence-corrected chi connectivity index (χ0v) is 60.6. The second kappa shape index (κ2) is 24.6. The van der Waals surface area contributed by atoms with E-state index in [1.165, 1.54) is 87.6 Å². The van der Waals surface area contributed by atoms with Crippen LogP contribution in [0.25, 0.3) is 244 Å². The Balaban J connectivity index is 0.000000131. The van der Waals surface area contributed by atoms with Gasteiger partial charge in [-0.1, -0.05) is 297 Å². The van der Waals surface area contributed by atoms with Gasteiger partial charge in [0.1, 0.15) is 11.2 Å². The number of hydrogen-bond acceptors (Lipinski definition) is 7. The van der Waals surface area contributed by atoms with Gasteiger partial charge in [0, 0.05) is 65.7 Å². The summed E-state index contributed by atoms with van der Waals surface area (Å²) in [4.78, 5) is 31.8. The van der Waals surface area contributed by atoms with E-state index < -0.39 is 0 Å². The Morgan fingerprint density at radius 1 is 0.177 bits per heavy atom. The van der Waals surface area contributed by atoms with Crippen LogP contribution in [0.1, 0.15) is 0 Å². The molecule has 0 radical (unpaired) electrons. The van der Waals surface area contributed by atoms with Crippen LogP contribution in [0.2, 0.25) is 0 Å². The molecular formula is C104H60N8O. The predicted octanol–water partition coefficient (Wildman–Crippen LogP) is 26.9. The fourth-order valence-electron chi connectivity index (χ4n) is 18.5. The molecule has 113 heavy (non-hydrogen) atoms. The molecule has 0 N–H and O–H groups in total. The number of hydrogen-bond donors (Lipinski definition) is 0. The predicted molar refractivity (Wildman–Crippen MR) is 465 cm³/mol. The van der Waals surface area contributed by atoms with E-state index in [1.807, 2.05) is 18.2 Å². The molecule has 23 aromatic rings. The summed E-state index contributed by atoms with van der Waals surface area (Å²) in [5.41, 5.74) is 23.9. The molecule has 9 heteroatoms. The van der Waals surface area contributed by atoms with Gasteiger partial charge >= 0.3 is 0 Å². The molecule has 0 aliphatic heterocycles. The Hall–Kier alpha value is -15.3. The van der Waals surface area contributed by atoms with Crippen LogP contribution in [-0.4, -0.2) is 39.0 Å². The molecule has 5 heterocycles. The van der Waals surface area contributed by atoms with Crippen LogP contribution in [-0.2, 0) is 0 Å². The van der Waals surface area contributed by atoms with Crippen molar-refractivity contribution in [1.82, 2.24) is 39.0 Å². The molecule has 0 saturated heterocycles. The quantitative estimate of drug-likeness (QED) is 0.149. The van der Waals surface area contributed by atoms with Crippen molar-refractivity contribution in [2.45, 2.75) is 0 Å². The maximum Gasteiger partial charge on any atom is 0.166 e. The topological polar surface area (TPSA) is 100 Å². The van der Waals surface area contributed by atoms with Gasteiger partial charge in [-0.2, -0.15) is 0 Å². The molecule has 0 spiro atoms. The summed E-state index contributed by atoms with van der Waals surface area (Å²) in [6.45, 7) is 0. The largest absolute Gasteiger partial charge is 0.456 e. The molecule has 25 rings (SSSR count). The summed E-state index contributed by atoms with van der Waals surface area (Å²) >= 11 is 0. The van der Waals surface area contributed by atoms with Crippen LogP contribution in [0.4, 0.5) is 0 Å². The van der Waals surface area contributed by atoms with Crippen LogP contribution >= 0.6 is 0 Å². The molecule has 0 amide bonds. The molecule has 0 fully saturated rings. The molecule has 2 aliphatic rings. The number of aromatic nitrogens is 8. The molecular weight excluding hydrogens is 1380 g/mol. The number of nitrogens with zero attached hydrogens (tertiary/aromatic N) is 8. The second-order valence-electron chi connectivity index (χ2n) is 29.4. The molecule has 9 nitrogen and oxygen atoms in total. The summed E-state index contributed by atoms with van der Waals surface area (Å²) in [6.07, 6.45) is 0. The molecule has 2 aliphatic carbocycles. The van der Waals surface area contributed by atoms with Crippen molar-refractivity contribution in [2.24, 2.45) is 0 Å². The average Bonchev–Trinajstić information content (AvgIpc) is 1.56. The van der Waals surface area contributed by atoms with Gasteiger partial charge in [0.2, 0.25) is 0 Å². The summed E-state index contributed by atoms with van der Waals surface area (Å²) in [6, 6.07) is 129. The fourth-order valence-corrected chi connectivity index (χ4v) is 18.5. The standard InChI is InChI=1S/C53H30N4O.C51H30N4/c1-2-15-34-31(12-1)13-9-22-41(34)52-54-51(33-26-28-38-37-18-6-8-25-46(37)58-47(38)30-33)55-53(56-52)42-19-5-7-23-43(42)57-44-24-11-21-40-36-17-4-3-16-35(36)39-20-10-14-32-27-29-45(57)50(48(32)39)49(40)44;1-3-18-34-31(13-1)15-9-25-40(34)49-52-50(41-26-10-16-32-14-2-4-19-35(32)41)54-51(53-49)42-22-7-8-27-43(42)55-44-28-12-24-39-37-21-6-5-20-36(37)38-23-11-17-33-29-30-45(55)48(46(33)38)47(39)44/h1-30H;1-30H. The molecule has 0 atom stereocenters. The Kier molecular flexibility index (Phi) is 13.6. The molecule has 0 saturated carbocycles. The highest BCUT2D eigenvalue weighted by Gasteiger charge is 2.30. The first kappa shape index (κ1) is 62.7. The van der Waals surface area contributed by atoms with Crippen molar-refractivity contribution in [3.05, 3.63) is 364 Å². The highest BCUT2D eigenvalue weighted by atomic mass is 16.3. The van der Waals surface area contributed by atoms with Crippen LogP contribution < -0.4 is 0 Å². The van der Waals surface area contributed by atoms with Crippen LogP contribution in [0, 0.1) is 0 Å². The van der Waals surface area contributed by atoms with Gasteiger partial charge in [-0.3, -0.25) is 0 Å². The smallest absolute Gasteiger partial charge is 0.166 e. The third-order valence-electron chi connectivity index (χ3n) is 23.4. The SMILES string of the molecule is c1ccc2c(c1)-c1cccc3ccc4c(c13)c1c-2cccc1n4-c1ccccc1-c1nc(-c2ccc3c(c2)oc2ccccc23)nc(-c2cccc3ccccc23)n1.c1ccc2c(c1)-c1cccc3ccc4c(c13)c1c-2cccc1n4-c1ccccc1-c1nc(-c2cccc3ccccc23)nc(-c2cccc3ccccc23)n1. The van der Waals surface area contributed by atoms with Crippen molar-refractivity contribution in [1.29, 1.82) is 0 Å². The van der Waals surface area contributed by atoms with Crippen LogP contribution in [0.3, 0.4) is 0 Å². The molecule has 18 aromatic carbocycles. The lowest BCUT2D eigenvalue weighted by Gasteiger charge is -2.16. The number of benzene rings is 18. The minimum Gasteiger partial charge on any atom is -0.456 e. The third kappa shape index (κ3) is 9.52. The van der Waals surface area contributed by atoms with Gasteiger partial charge in [-0.25, -0.2) is 29.9 Å². The van der Waals surface area contributed by atoms with E-state index >= 15 is 0 Å². The van der Waals surface area contributed by atoms with Crippen molar-refractivity contribution in [3.8, 4) is 124 Å². The monoisotopic (exact) mass is 1440 g/mol. The fraction of sp³-hybridized carbons (Fsp3) is 0. The summed E-state index contributed by atoms with van der Waals surface area (Å²) in [5, 5.41) is 18.9. The lowest BCUT2D eigenvalue weighted by atomic mass is 9.93. The summed E-state index contributed by atoms with van der Waals surface area (Å²) in [7, 11) is 0. The number of fused-ring (bicyclic) bond motifs is 12. The lowest BCUT2D eigenvalue weighted by Crippen LogP contribution is -2.04. The van der Waals surface area contributed by atoms with Gasteiger partial charge in [0.15, 0.2) is 34.9 Å². The third-order valence-corrected chi connectivity index (χ3v) is 23.4. The van der Waals surface area contributed by atoms with E-state index in [4.69, 9.17) is 34.3 Å². The van der Waals surface area contributed by atoms with Gasteiger partial charge < -0.3 is 13.6 Å². The first-order valence-electron chi connectivity index (χ1n) is 38.3. The minimum absolute atomic E-state index is 0.580. The van der Waals surface area contributed by atoms with Gasteiger partial charge in [0.05, 0.1) is 33.4 Å². The summed E-state index contributed by atoms with van der Waals surface area (Å²) in [5.74, 6) is 3.70. The number of rotatable bonds is 8. The van der Waals surface area contributed by atoms with Crippen molar-refractivity contribution >= 4 is 119 Å². The Bertz CT molecular complexity index is 7930. The Morgan fingerprint density at radius 3 is 0.920 bits per heavy atom. The van der Waals surface area contributed by atoms with Gasteiger partial charge in [-0.15, -0.1) is 0 Å². The Labute approximate surface area is 647 Å². The number of furan rings is 1. The second-order valence-corrected chi connectivity index (χ2v) is 29.4. The van der Waals surface area contributed by atoms with Crippen molar-refractivity contribution < 1.29 is 4.42 Å². The first-order valence-corrected chi connectivity index (χ1v) is 38.3. The Morgan fingerprint density at radius 2 is 0.478 bits per heavy atom. The van der Waals surface area contributed by atoms with Crippen LogP contribution in [0.15, 0.2) is 368 Å². The van der Waals surface area contributed by atoms with E-state index in [1.54, 1.807) is 0 Å². The highest BCUT2D eigenvalue weighted by Crippen LogP contribution is 2.53. The zero-order chi connectivity index (χ0) is 73.9. The molecule has 0 unspecified atom stereocenters.